The largest absolute Gasteiger partial charge is 0.464 e. The van der Waals surface area contributed by atoms with Crippen molar-refractivity contribution in [1.29, 1.82) is 0 Å². The average molecular weight is 250 g/mol. The molecule has 1 saturated carbocycles. The number of carbonyl (C=O) groups excluding carboxylic acids is 1. The highest BCUT2D eigenvalue weighted by atomic mass is 16.3. The number of hydrogen-bond acceptors (Lipinski definition) is 3. The third kappa shape index (κ3) is 3.13. The minimum atomic E-state index is -0.0978. The van der Waals surface area contributed by atoms with Crippen LogP contribution in [0, 0.1) is 5.92 Å². The van der Waals surface area contributed by atoms with Crippen LogP contribution >= 0.6 is 0 Å². The van der Waals surface area contributed by atoms with Crippen molar-refractivity contribution in [2.75, 3.05) is 7.05 Å². The maximum absolute atomic E-state index is 11.8. The zero-order chi connectivity index (χ0) is 13.3. The van der Waals surface area contributed by atoms with Crippen molar-refractivity contribution in [3.63, 3.8) is 0 Å². The summed E-state index contributed by atoms with van der Waals surface area (Å²) in [6.45, 7) is 4.59. The topological polar surface area (TPSA) is 59.5 Å². The van der Waals surface area contributed by atoms with Crippen molar-refractivity contribution in [3.05, 3.63) is 23.7 Å². The second-order valence-corrected chi connectivity index (χ2v) is 5.55. The van der Waals surface area contributed by atoms with E-state index in [0.29, 0.717) is 18.9 Å². The molecule has 2 N–H and O–H groups in total. The Bertz CT molecular complexity index is 425. The van der Waals surface area contributed by atoms with Gasteiger partial charge in [-0.25, -0.2) is 0 Å². The second-order valence-electron chi connectivity index (χ2n) is 5.55. The smallest absolute Gasteiger partial charge is 0.224 e. The van der Waals surface area contributed by atoms with Crippen molar-refractivity contribution >= 4 is 5.91 Å². The summed E-state index contributed by atoms with van der Waals surface area (Å²) in [5.74, 6) is 3.29. The number of amides is 1. The molecule has 1 amide bonds. The summed E-state index contributed by atoms with van der Waals surface area (Å²) in [5, 5.41) is 0. The number of furan rings is 1. The highest BCUT2D eigenvalue weighted by Crippen LogP contribution is 2.47. The lowest BCUT2D eigenvalue weighted by Crippen LogP contribution is -2.31. The van der Waals surface area contributed by atoms with Crippen molar-refractivity contribution < 1.29 is 9.21 Å². The van der Waals surface area contributed by atoms with Crippen LogP contribution in [0.25, 0.3) is 0 Å². The number of carbonyl (C=O) groups is 1. The van der Waals surface area contributed by atoms with E-state index in [0.717, 1.165) is 17.4 Å². The standard InChI is InChI=1S/C14H22N2O2/c1-9-6-12(9)13-5-4-11(18-13)8-16(3)14(17)7-10(2)15/h4-5,9-10,12H,6-8,15H2,1-3H3. The van der Waals surface area contributed by atoms with Gasteiger partial charge in [0.15, 0.2) is 0 Å². The molecule has 0 radical (unpaired) electrons. The van der Waals surface area contributed by atoms with Crippen LogP contribution in [0.5, 0.6) is 0 Å². The molecule has 4 nitrogen and oxygen atoms in total. The molecule has 0 saturated heterocycles. The first kappa shape index (κ1) is 13.1. The van der Waals surface area contributed by atoms with E-state index in [-0.39, 0.29) is 11.9 Å². The summed E-state index contributed by atoms with van der Waals surface area (Å²) in [7, 11) is 1.78. The van der Waals surface area contributed by atoms with Crippen molar-refractivity contribution in [1.82, 2.24) is 4.90 Å². The Morgan fingerprint density at radius 1 is 1.61 bits per heavy atom. The lowest BCUT2D eigenvalue weighted by atomic mass is 10.2. The van der Waals surface area contributed by atoms with Gasteiger partial charge in [0, 0.05) is 25.4 Å². The van der Waals surface area contributed by atoms with Crippen LogP contribution in [-0.4, -0.2) is 23.9 Å². The van der Waals surface area contributed by atoms with Crippen LogP contribution in [0.1, 0.15) is 44.1 Å². The Hall–Kier alpha value is -1.29. The molecule has 1 aliphatic rings. The number of nitrogens with two attached hydrogens (primary N) is 1. The highest BCUT2D eigenvalue weighted by Gasteiger charge is 2.36. The predicted molar refractivity (Wildman–Crippen MR) is 70.0 cm³/mol. The predicted octanol–water partition coefficient (Wildman–Crippen LogP) is 2.10. The zero-order valence-corrected chi connectivity index (χ0v) is 11.3. The second kappa shape index (κ2) is 5.14. The molecule has 0 spiro atoms. The quantitative estimate of drug-likeness (QED) is 0.870. The van der Waals surface area contributed by atoms with Gasteiger partial charge in [-0.15, -0.1) is 0 Å². The van der Waals surface area contributed by atoms with E-state index in [9.17, 15) is 4.79 Å². The normalized spacial score (nSPS) is 23.8. The third-order valence-corrected chi connectivity index (χ3v) is 3.47. The van der Waals surface area contributed by atoms with Gasteiger partial charge in [-0.1, -0.05) is 6.92 Å². The van der Waals surface area contributed by atoms with Gasteiger partial charge in [0.05, 0.1) is 6.54 Å². The van der Waals surface area contributed by atoms with E-state index in [1.165, 1.54) is 6.42 Å². The Kier molecular flexibility index (Phi) is 3.76. The molecule has 18 heavy (non-hydrogen) atoms. The molecular weight excluding hydrogens is 228 g/mol. The van der Waals surface area contributed by atoms with Crippen molar-refractivity contribution in [2.45, 2.75) is 45.2 Å². The van der Waals surface area contributed by atoms with Crippen LogP contribution < -0.4 is 5.73 Å². The molecule has 4 heteroatoms. The zero-order valence-electron chi connectivity index (χ0n) is 11.3. The van der Waals surface area contributed by atoms with Gasteiger partial charge in [-0.05, 0) is 31.4 Å². The molecule has 3 atom stereocenters. The summed E-state index contributed by atoms with van der Waals surface area (Å²) in [6.07, 6.45) is 1.59. The molecule has 0 aromatic carbocycles. The molecule has 1 aliphatic carbocycles. The first-order valence-corrected chi connectivity index (χ1v) is 6.55. The van der Waals surface area contributed by atoms with E-state index in [2.05, 4.69) is 6.92 Å². The first-order valence-electron chi connectivity index (χ1n) is 6.55. The Morgan fingerprint density at radius 3 is 2.83 bits per heavy atom. The maximum Gasteiger partial charge on any atom is 0.224 e. The Morgan fingerprint density at radius 2 is 2.28 bits per heavy atom. The van der Waals surface area contributed by atoms with E-state index in [1.54, 1.807) is 11.9 Å². The molecule has 1 heterocycles. The molecular formula is C14H22N2O2. The van der Waals surface area contributed by atoms with Gasteiger partial charge < -0.3 is 15.1 Å². The molecule has 1 aromatic heterocycles. The fourth-order valence-corrected chi connectivity index (χ4v) is 2.15. The van der Waals surface area contributed by atoms with E-state index >= 15 is 0 Å². The Balaban J connectivity index is 1.89. The van der Waals surface area contributed by atoms with Crippen molar-refractivity contribution in [3.8, 4) is 0 Å². The number of nitrogens with zero attached hydrogens (tertiary/aromatic N) is 1. The summed E-state index contributed by atoms with van der Waals surface area (Å²) in [5.41, 5.74) is 5.62. The molecule has 0 bridgehead atoms. The lowest BCUT2D eigenvalue weighted by molar-refractivity contribution is -0.130. The van der Waals surface area contributed by atoms with E-state index in [1.807, 2.05) is 19.1 Å². The molecule has 3 unspecified atom stereocenters. The van der Waals surface area contributed by atoms with E-state index in [4.69, 9.17) is 10.2 Å². The summed E-state index contributed by atoms with van der Waals surface area (Å²) in [6, 6.07) is 3.91. The Labute approximate surface area is 108 Å². The summed E-state index contributed by atoms with van der Waals surface area (Å²) in [4.78, 5) is 13.4. The third-order valence-electron chi connectivity index (χ3n) is 3.47. The number of hydrogen-bond donors (Lipinski definition) is 1. The van der Waals surface area contributed by atoms with Crippen molar-refractivity contribution in [2.24, 2.45) is 11.7 Å². The van der Waals surface area contributed by atoms with Crippen LogP contribution in [0.2, 0.25) is 0 Å². The van der Waals surface area contributed by atoms with Crippen LogP contribution in [0.3, 0.4) is 0 Å². The highest BCUT2D eigenvalue weighted by molar-refractivity contribution is 5.76. The number of rotatable bonds is 5. The minimum Gasteiger partial charge on any atom is -0.464 e. The summed E-state index contributed by atoms with van der Waals surface area (Å²) >= 11 is 0. The molecule has 100 valence electrons. The molecule has 2 rings (SSSR count). The average Bonchev–Trinajstić information content (AvgIpc) is 2.83. The van der Waals surface area contributed by atoms with Crippen LogP contribution in [-0.2, 0) is 11.3 Å². The minimum absolute atomic E-state index is 0.0581. The fourth-order valence-electron chi connectivity index (χ4n) is 2.15. The van der Waals surface area contributed by atoms with Gasteiger partial charge >= 0.3 is 0 Å². The van der Waals surface area contributed by atoms with Crippen LogP contribution in [0.4, 0.5) is 0 Å². The first-order chi connectivity index (χ1) is 8.47. The maximum atomic E-state index is 11.8. The molecule has 0 aliphatic heterocycles. The monoisotopic (exact) mass is 250 g/mol. The van der Waals surface area contributed by atoms with Gasteiger partial charge in [0.1, 0.15) is 11.5 Å². The fraction of sp³-hybridized carbons (Fsp3) is 0.643. The van der Waals surface area contributed by atoms with Crippen LogP contribution in [0.15, 0.2) is 16.5 Å². The van der Waals surface area contributed by atoms with Gasteiger partial charge in [0.25, 0.3) is 0 Å². The SMILES string of the molecule is CC(N)CC(=O)N(C)Cc1ccc(C2CC2C)o1. The molecule has 1 aromatic rings. The molecule has 1 fully saturated rings. The lowest BCUT2D eigenvalue weighted by Gasteiger charge is -2.16. The van der Waals surface area contributed by atoms with Gasteiger partial charge in [-0.2, -0.15) is 0 Å². The van der Waals surface area contributed by atoms with Gasteiger partial charge in [0.2, 0.25) is 5.91 Å². The summed E-state index contributed by atoms with van der Waals surface area (Å²) < 4.78 is 5.78. The van der Waals surface area contributed by atoms with E-state index < -0.39 is 0 Å². The van der Waals surface area contributed by atoms with Gasteiger partial charge in [-0.3, -0.25) is 4.79 Å².